The topological polar surface area (TPSA) is 71.9 Å². The molecule has 0 radical (unpaired) electrons. The van der Waals surface area contributed by atoms with Crippen molar-refractivity contribution in [3.05, 3.63) is 53.4 Å². The van der Waals surface area contributed by atoms with Crippen LogP contribution in [0.15, 0.2) is 53.4 Å². The van der Waals surface area contributed by atoms with E-state index in [0.29, 0.717) is 56.9 Å². The van der Waals surface area contributed by atoms with Gasteiger partial charge in [-0.15, -0.1) is 0 Å². The first-order valence-electron chi connectivity index (χ1n) is 12.6. The maximum Gasteiger partial charge on any atom is 0.391 e. The van der Waals surface area contributed by atoms with Crippen molar-refractivity contribution < 1.29 is 32.5 Å². The van der Waals surface area contributed by atoms with Gasteiger partial charge in [-0.3, -0.25) is 4.98 Å². The number of hydrogen-bond acceptors (Lipinski definition) is 5. The molecule has 2 aliphatic carbocycles. The first kappa shape index (κ1) is 26.3. The van der Waals surface area contributed by atoms with Gasteiger partial charge in [-0.1, -0.05) is 30.7 Å². The predicted molar refractivity (Wildman–Crippen MR) is 130 cm³/mol. The lowest BCUT2D eigenvalue weighted by Crippen LogP contribution is -2.43. The maximum atomic E-state index is 12.9. The van der Waals surface area contributed by atoms with Gasteiger partial charge in [0.15, 0.2) is 0 Å². The summed E-state index contributed by atoms with van der Waals surface area (Å²) in [5.41, 5.74) is 3.25. The van der Waals surface area contributed by atoms with Gasteiger partial charge >= 0.3 is 12.1 Å². The second-order valence-electron chi connectivity index (χ2n) is 9.75. The number of ether oxygens (including phenoxy) is 2. The number of aromatic nitrogens is 1. The summed E-state index contributed by atoms with van der Waals surface area (Å²) in [5, 5.41) is 9.43. The number of carboxylic acid groups (broad SMARTS) is 1. The number of allylic oxidation sites excluding steroid dienone is 3. The van der Waals surface area contributed by atoms with Crippen LogP contribution in [0.4, 0.5) is 18.9 Å². The Labute approximate surface area is 209 Å². The number of pyridine rings is 1. The zero-order chi connectivity index (χ0) is 25.7. The number of alkyl halides is 3. The molecule has 2 heterocycles. The highest BCUT2D eigenvalue weighted by Gasteiger charge is 2.41. The van der Waals surface area contributed by atoms with E-state index in [2.05, 4.69) is 9.88 Å². The highest BCUT2D eigenvalue weighted by molar-refractivity contribution is 5.87. The average molecular weight is 507 g/mol. The molecule has 196 valence electrons. The molecule has 4 rings (SSSR count). The molecular weight excluding hydrogens is 473 g/mol. The van der Waals surface area contributed by atoms with E-state index in [4.69, 9.17) is 9.47 Å². The van der Waals surface area contributed by atoms with Crippen molar-refractivity contribution in [2.45, 2.75) is 57.7 Å². The van der Waals surface area contributed by atoms with Gasteiger partial charge < -0.3 is 19.5 Å². The lowest BCUT2D eigenvalue weighted by Gasteiger charge is -2.35. The number of carboxylic acids is 1. The van der Waals surface area contributed by atoms with Crippen LogP contribution < -0.4 is 9.64 Å². The van der Waals surface area contributed by atoms with E-state index >= 15 is 0 Å². The molecule has 3 aliphatic rings. The molecule has 1 atom stereocenters. The Kier molecular flexibility index (Phi) is 8.39. The molecule has 1 saturated carbocycles. The van der Waals surface area contributed by atoms with E-state index in [1.54, 1.807) is 18.5 Å². The van der Waals surface area contributed by atoms with Gasteiger partial charge in [0.1, 0.15) is 11.9 Å². The van der Waals surface area contributed by atoms with E-state index in [0.717, 1.165) is 23.3 Å². The predicted octanol–water partition coefficient (Wildman–Crippen LogP) is 5.71. The van der Waals surface area contributed by atoms with Crippen LogP contribution in [0.1, 0.15) is 45.4 Å². The van der Waals surface area contributed by atoms with Gasteiger partial charge in [0.05, 0.1) is 37.2 Å². The van der Waals surface area contributed by atoms with Crippen molar-refractivity contribution in [3.8, 4) is 5.75 Å². The normalized spacial score (nSPS) is 25.4. The summed E-state index contributed by atoms with van der Waals surface area (Å²) in [6.07, 6.45) is 7.18. The van der Waals surface area contributed by atoms with Gasteiger partial charge in [-0.25, -0.2) is 4.79 Å². The fraction of sp³-hybridized carbons (Fsp3) is 0.556. The van der Waals surface area contributed by atoms with Gasteiger partial charge in [0, 0.05) is 31.1 Å². The second kappa shape index (κ2) is 11.5. The van der Waals surface area contributed by atoms with E-state index in [1.165, 1.54) is 0 Å². The molecule has 0 bridgehead atoms. The summed E-state index contributed by atoms with van der Waals surface area (Å²) in [5.74, 6) is -1.38. The first-order chi connectivity index (χ1) is 17.2. The Morgan fingerprint density at radius 3 is 2.69 bits per heavy atom. The third-order valence-electron chi connectivity index (χ3n) is 7.29. The van der Waals surface area contributed by atoms with Crippen LogP contribution in [-0.2, 0) is 9.53 Å². The third-order valence-corrected chi connectivity index (χ3v) is 7.29. The van der Waals surface area contributed by atoms with Crippen molar-refractivity contribution in [3.63, 3.8) is 0 Å². The number of nitrogens with zero attached hydrogens (tertiary/aromatic N) is 2. The van der Waals surface area contributed by atoms with Crippen molar-refractivity contribution >= 4 is 11.7 Å². The van der Waals surface area contributed by atoms with Crippen LogP contribution >= 0.6 is 0 Å². The van der Waals surface area contributed by atoms with Crippen molar-refractivity contribution in [2.75, 3.05) is 31.2 Å². The zero-order valence-corrected chi connectivity index (χ0v) is 20.5. The summed E-state index contributed by atoms with van der Waals surface area (Å²) in [6, 6.07) is 1.91. The average Bonchev–Trinajstić information content (AvgIpc) is 3.11. The molecule has 36 heavy (non-hydrogen) atoms. The van der Waals surface area contributed by atoms with Gasteiger partial charge in [-0.05, 0) is 43.6 Å². The Balaban J connectivity index is 1.37. The highest BCUT2D eigenvalue weighted by atomic mass is 19.4. The molecule has 6 nitrogen and oxygen atoms in total. The van der Waals surface area contributed by atoms with Crippen LogP contribution in [0.2, 0.25) is 0 Å². The molecule has 0 aromatic carbocycles. The SMILES string of the molecule is CCC1=CC(C2CN(c3cncc(OC[C@H]4CC[C@H](C(F)(F)F)CC4)c3)CCO2)=CC=C(C(=O)O)C1. The minimum Gasteiger partial charge on any atom is -0.492 e. The standard InChI is InChI=1S/C27H33F3N2O4/c1-2-18-11-20(5-6-21(12-18)26(33)34)25-16-32(9-10-35-25)23-13-24(15-31-14-23)36-17-19-3-7-22(8-4-19)27(28,29)30/h5-6,11,13-15,19,22,25H,2-4,7-10,12,16-17H2,1H3,(H,33,34)/t19-,22-,25?. The first-order valence-corrected chi connectivity index (χ1v) is 12.6. The third kappa shape index (κ3) is 6.69. The number of halogens is 3. The summed E-state index contributed by atoms with van der Waals surface area (Å²) in [4.78, 5) is 18.0. The minimum absolute atomic E-state index is 0.116. The molecule has 1 N–H and O–H groups in total. The Morgan fingerprint density at radius 2 is 2.00 bits per heavy atom. The zero-order valence-electron chi connectivity index (χ0n) is 20.5. The largest absolute Gasteiger partial charge is 0.492 e. The van der Waals surface area contributed by atoms with E-state index in [9.17, 15) is 23.1 Å². The minimum atomic E-state index is -4.10. The number of aliphatic carboxylic acids is 1. The molecule has 1 saturated heterocycles. The monoisotopic (exact) mass is 506 g/mol. The summed E-state index contributed by atoms with van der Waals surface area (Å²) in [6.45, 7) is 4.18. The fourth-order valence-electron chi connectivity index (χ4n) is 5.02. The summed E-state index contributed by atoms with van der Waals surface area (Å²) in [7, 11) is 0. The smallest absolute Gasteiger partial charge is 0.391 e. The maximum absolute atomic E-state index is 12.9. The van der Waals surface area contributed by atoms with Crippen molar-refractivity contribution in [2.24, 2.45) is 11.8 Å². The molecule has 1 aliphatic heterocycles. The molecule has 0 amide bonds. The number of morpholine rings is 1. The Bertz CT molecular complexity index is 1030. The lowest BCUT2D eigenvalue weighted by molar-refractivity contribution is -0.184. The number of rotatable bonds is 7. The molecule has 1 unspecified atom stereocenters. The van der Waals surface area contributed by atoms with Crippen LogP contribution in [0, 0.1) is 11.8 Å². The van der Waals surface area contributed by atoms with Gasteiger partial charge in [0.2, 0.25) is 0 Å². The fourth-order valence-corrected chi connectivity index (χ4v) is 5.02. The number of anilines is 1. The van der Waals surface area contributed by atoms with Crippen LogP contribution in [0.3, 0.4) is 0 Å². The molecular formula is C27H33F3N2O4. The quantitative estimate of drug-likeness (QED) is 0.511. The summed E-state index contributed by atoms with van der Waals surface area (Å²) >= 11 is 0. The molecule has 0 spiro atoms. The Morgan fingerprint density at radius 1 is 1.22 bits per heavy atom. The van der Waals surface area contributed by atoms with E-state index < -0.39 is 18.1 Å². The Hall–Kier alpha value is -2.81. The number of hydrogen-bond donors (Lipinski definition) is 1. The molecule has 2 fully saturated rings. The van der Waals surface area contributed by atoms with E-state index in [-0.39, 0.29) is 24.9 Å². The number of carbonyl (C=O) groups is 1. The molecule has 1 aromatic rings. The van der Waals surface area contributed by atoms with Crippen LogP contribution in [0.25, 0.3) is 0 Å². The molecule has 1 aromatic heterocycles. The highest BCUT2D eigenvalue weighted by Crippen LogP contribution is 2.39. The van der Waals surface area contributed by atoms with Crippen molar-refractivity contribution in [1.82, 2.24) is 4.98 Å². The summed E-state index contributed by atoms with van der Waals surface area (Å²) < 4.78 is 50.7. The second-order valence-corrected chi connectivity index (χ2v) is 9.75. The van der Waals surface area contributed by atoms with Gasteiger partial charge in [-0.2, -0.15) is 13.2 Å². The van der Waals surface area contributed by atoms with E-state index in [1.807, 2.05) is 25.1 Å². The van der Waals surface area contributed by atoms with Gasteiger partial charge in [0.25, 0.3) is 0 Å². The van der Waals surface area contributed by atoms with Crippen LogP contribution in [-0.4, -0.2) is 54.6 Å². The lowest BCUT2D eigenvalue weighted by atomic mass is 9.82. The van der Waals surface area contributed by atoms with Crippen molar-refractivity contribution in [1.29, 1.82) is 0 Å². The van der Waals surface area contributed by atoms with Crippen LogP contribution in [0.5, 0.6) is 5.75 Å². The molecule has 9 heteroatoms.